The summed E-state index contributed by atoms with van der Waals surface area (Å²) in [4.78, 5) is 25.3. The molecular formula is C14H17NO4S. The molecule has 108 valence electrons. The van der Waals surface area contributed by atoms with Gasteiger partial charge < -0.3 is 0 Å². The molecule has 2 amide bonds. The standard InChI is InChI=1S/C14H17NO4S/c1-20(18,19)10-6-2-5-9-15-13(16)11-7-3-4-8-12(11)14(15)17/h3-4,7-8H,2,5-6,9-10H2,1H3. The maximum Gasteiger partial charge on any atom is 0.261 e. The zero-order valence-electron chi connectivity index (χ0n) is 11.3. The van der Waals surface area contributed by atoms with Crippen molar-refractivity contribution in [2.45, 2.75) is 19.3 Å². The van der Waals surface area contributed by atoms with E-state index in [1.807, 2.05) is 0 Å². The number of hydrogen-bond acceptors (Lipinski definition) is 4. The predicted molar refractivity (Wildman–Crippen MR) is 75.4 cm³/mol. The lowest BCUT2D eigenvalue weighted by molar-refractivity contribution is 0.0651. The summed E-state index contributed by atoms with van der Waals surface area (Å²) in [6.07, 6.45) is 3.07. The molecule has 0 saturated heterocycles. The molecule has 1 aromatic carbocycles. The van der Waals surface area contributed by atoms with Crippen molar-refractivity contribution in [1.82, 2.24) is 4.90 Å². The summed E-state index contributed by atoms with van der Waals surface area (Å²) in [5.74, 6) is -0.364. The number of imide groups is 1. The molecule has 0 aliphatic carbocycles. The summed E-state index contributed by atoms with van der Waals surface area (Å²) in [5, 5.41) is 0. The maximum atomic E-state index is 12.0. The van der Waals surface area contributed by atoms with Gasteiger partial charge in [-0.15, -0.1) is 0 Å². The molecule has 0 saturated carbocycles. The Bertz CT molecular complexity index is 601. The van der Waals surface area contributed by atoms with Gasteiger partial charge in [-0.2, -0.15) is 0 Å². The minimum absolute atomic E-state index is 0.148. The molecule has 6 heteroatoms. The van der Waals surface area contributed by atoms with E-state index in [4.69, 9.17) is 0 Å². The molecule has 5 nitrogen and oxygen atoms in total. The van der Waals surface area contributed by atoms with Gasteiger partial charge in [-0.05, 0) is 25.0 Å². The highest BCUT2D eigenvalue weighted by Gasteiger charge is 2.34. The van der Waals surface area contributed by atoms with Crippen LogP contribution in [0.25, 0.3) is 0 Å². The molecule has 0 radical (unpaired) electrons. The monoisotopic (exact) mass is 295 g/mol. The van der Waals surface area contributed by atoms with Gasteiger partial charge in [0.25, 0.3) is 11.8 Å². The van der Waals surface area contributed by atoms with E-state index in [0.29, 0.717) is 36.9 Å². The van der Waals surface area contributed by atoms with Crippen molar-refractivity contribution in [2.75, 3.05) is 18.6 Å². The molecular weight excluding hydrogens is 278 g/mol. The van der Waals surface area contributed by atoms with Crippen LogP contribution < -0.4 is 0 Å². The zero-order valence-corrected chi connectivity index (χ0v) is 12.1. The summed E-state index contributed by atoms with van der Waals surface area (Å²) < 4.78 is 22.0. The van der Waals surface area contributed by atoms with Gasteiger partial charge in [0.2, 0.25) is 0 Å². The lowest BCUT2D eigenvalue weighted by Crippen LogP contribution is -2.30. The fourth-order valence-corrected chi connectivity index (χ4v) is 2.98. The molecule has 0 atom stereocenters. The van der Waals surface area contributed by atoms with Crippen LogP contribution in [0.4, 0.5) is 0 Å². The minimum Gasteiger partial charge on any atom is -0.274 e. The second kappa shape index (κ2) is 5.75. The van der Waals surface area contributed by atoms with Crippen molar-refractivity contribution in [3.8, 4) is 0 Å². The van der Waals surface area contributed by atoms with E-state index < -0.39 is 9.84 Å². The van der Waals surface area contributed by atoms with Gasteiger partial charge in [0, 0.05) is 18.6 Å². The molecule has 0 aromatic heterocycles. The third kappa shape index (κ3) is 3.25. The number of nitrogens with zero attached hydrogens (tertiary/aromatic N) is 1. The Balaban J connectivity index is 1.87. The van der Waals surface area contributed by atoms with E-state index in [1.165, 1.54) is 11.2 Å². The number of amides is 2. The number of hydrogen-bond donors (Lipinski definition) is 0. The second-order valence-corrected chi connectivity index (χ2v) is 7.26. The smallest absolute Gasteiger partial charge is 0.261 e. The SMILES string of the molecule is CS(=O)(=O)CCCCCN1C(=O)c2ccccc2C1=O. The van der Waals surface area contributed by atoms with Gasteiger partial charge in [0.1, 0.15) is 9.84 Å². The first kappa shape index (κ1) is 14.7. The average Bonchev–Trinajstić information content (AvgIpc) is 2.62. The van der Waals surface area contributed by atoms with Crippen molar-refractivity contribution < 1.29 is 18.0 Å². The first-order valence-electron chi connectivity index (χ1n) is 6.53. The third-order valence-electron chi connectivity index (χ3n) is 3.28. The van der Waals surface area contributed by atoms with Crippen LogP contribution in [0.3, 0.4) is 0 Å². The number of rotatable bonds is 6. The number of benzene rings is 1. The first-order chi connectivity index (χ1) is 9.40. The molecule has 0 fully saturated rings. The van der Waals surface area contributed by atoms with E-state index in [9.17, 15) is 18.0 Å². The van der Waals surface area contributed by atoms with Crippen molar-refractivity contribution in [3.05, 3.63) is 35.4 Å². The Hall–Kier alpha value is -1.69. The minimum atomic E-state index is -2.94. The molecule has 1 heterocycles. The Morgan fingerprint density at radius 2 is 1.50 bits per heavy atom. The largest absolute Gasteiger partial charge is 0.274 e. The van der Waals surface area contributed by atoms with E-state index in [-0.39, 0.29) is 17.6 Å². The Morgan fingerprint density at radius 3 is 2.00 bits per heavy atom. The topological polar surface area (TPSA) is 71.5 Å². The molecule has 20 heavy (non-hydrogen) atoms. The van der Waals surface area contributed by atoms with Crippen LogP contribution in [0.1, 0.15) is 40.0 Å². The zero-order chi connectivity index (χ0) is 14.8. The maximum absolute atomic E-state index is 12.0. The fraction of sp³-hybridized carbons (Fsp3) is 0.429. The molecule has 0 unspecified atom stereocenters. The molecule has 0 spiro atoms. The van der Waals surface area contributed by atoms with Crippen LogP contribution >= 0.6 is 0 Å². The number of sulfone groups is 1. The van der Waals surface area contributed by atoms with E-state index in [1.54, 1.807) is 24.3 Å². The summed E-state index contributed by atoms with van der Waals surface area (Å²) in [6, 6.07) is 6.78. The first-order valence-corrected chi connectivity index (χ1v) is 8.59. The van der Waals surface area contributed by atoms with Crippen LogP contribution in [-0.4, -0.2) is 43.7 Å². The van der Waals surface area contributed by atoms with Crippen LogP contribution in [0.5, 0.6) is 0 Å². The third-order valence-corrected chi connectivity index (χ3v) is 4.31. The molecule has 1 aliphatic heterocycles. The van der Waals surface area contributed by atoms with Gasteiger partial charge >= 0.3 is 0 Å². The van der Waals surface area contributed by atoms with Crippen LogP contribution in [-0.2, 0) is 9.84 Å². The number of carbonyl (C=O) groups is 2. The molecule has 1 aromatic rings. The van der Waals surface area contributed by atoms with Gasteiger partial charge in [-0.3, -0.25) is 14.5 Å². The highest BCUT2D eigenvalue weighted by Crippen LogP contribution is 2.22. The Kier molecular flexibility index (Phi) is 4.23. The van der Waals surface area contributed by atoms with Gasteiger partial charge in [-0.25, -0.2) is 8.42 Å². The second-order valence-electron chi connectivity index (χ2n) is 5.00. The van der Waals surface area contributed by atoms with Crippen molar-refractivity contribution in [2.24, 2.45) is 0 Å². The van der Waals surface area contributed by atoms with Crippen molar-refractivity contribution in [1.29, 1.82) is 0 Å². The Morgan fingerprint density at radius 1 is 0.950 bits per heavy atom. The van der Waals surface area contributed by atoms with Gasteiger partial charge in [-0.1, -0.05) is 18.6 Å². The van der Waals surface area contributed by atoms with E-state index in [0.717, 1.165) is 0 Å². The van der Waals surface area contributed by atoms with Gasteiger partial charge in [0.15, 0.2) is 0 Å². The predicted octanol–water partition coefficient (Wildman–Crippen LogP) is 1.50. The van der Waals surface area contributed by atoms with E-state index in [2.05, 4.69) is 0 Å². The Labute approximate surface area is 118 Å². The quantitative estimate of drug-likeness (QED) is 0.589. The summed E-state index contributed by atoms with van der Waals surface area (Å²) in [6.45, 7) is 0.343. The van der Waals surface area contributed by atoms with Crippen molar-refractivity contribution in [3.63, 3.8) is 0 Å². The molecule has 2 rings (SSSR count). The molecule has 1 aliphatic rings. The molecule has 0 bridgehead atoms. The van der Waals surface area contributed by atoms with Crippen LogP contribution in [0, 0.1) is 0 Å². The van der Waals surface area contributed by atoms with E-state index >= 15 is 0 Å². The summed E-state index contributed by atoms with van der Waals surface area (Å²) >= 11 is 0. The highest BCUT2D eigenvalue weighted by atomic mass is 32.2. The summed E-state index contributed by atoms with van der Waals surface area (Å²) in [7, 11) is -2.94. The summed E-state index contributed by atoms with van der Waals surface area (Å²) in [5.41, 5.74) is 0.905. The number of carbonyl (C=O) groups excluding carboxylic acids is 2. The lowest BCUT2D eigenvalue weighted by atomic mass is 10.1. The lowest BCUT2D eigenvalue weighted by Gasteiger charge is -2.13. The number of unbranched alkanes of at least 4 members (excludes halogenated alkanes) is 2. The average molecular weight is 295 g/mol. The van der Waals surface area contributed by atoms with Crippen LogP contribution in [0.2, 0.25) is 0 Å². The van der Waals surface area contributed by atoms with Crippen molar-refractivity contribution >= 4 is 21.7 Å². The fourth-order valence-electron chi connectivity index (χ4n) is 2.25. The normalized spacial score (nSPS) is 14.8. The highest BCUT2D eigenvalue weighted by molar-refractivity contribution is 7.90. The molecule has 0 N–H and O–H groups in total. The van der Waals surface area contributed by atoms with Crippen LogP contribution in [0.15, 0.2) is 24.3 Å². The number of fused-ring (bicyclic) bond motifs is 1. The van der Waals surface area contributed by atoms with Gasteiger partial charge in [0.05, 0.1) is 11.1 Å².